The maximum absolute atomic E-state index is 13.5. The fourth-order valence-corrected chi connectivity index (χ4v) is 6.78. The number of allylic oxidation sites excluding steroid dienone is 1. The number of halogens is 1. The van der Waals surface area contributed by atoms with Crippen LogP contribution >= 0.6 is 11.6 Å². The van der Waals surface area contributed by atoms with E-state index in [0.717, 1.165) is 32.1 Å². The van der Waals surface area contributed by atoms with Gasteiger partial charge in [0.1, 0.15) is 11.9 Å². The molecule has 3 aliphatic rings. The van der Waals surface area contributed by atoms with Crippen LogP contribution in [0.4, 0.5) is 4.79 Å². The molecule has 3 saturated carbocycles. The van der Waals surface area contributed by atoms with Crippen LogP contribution in [0.5, 0.6) is 0 Å². The van der Waals surface area contributed by atoms with Gasteiger partial charge in [0.05, 0.1) is 0 Å². The van der Waals surface area contributed by atoms with Crippen molar-refractivity contribution in [2.24, 2.45) is 34.0 Å². The van der Waals surface area contributed by atoms with Gasteiger partial charge in [0.2, 0.25) is 0 Å². The Labute approximate surface area is 156 Å². The van der Waals surface area contributed by atoms with E-state index in [0.29, 0.717) is 18.3 Å². The van der Waals surface area contributed by atoms with Crippen molar-refractivity contribution >= 4 is 22.8 Å². The van der Waals surface area contributed by atoms with Crippen molar-refractivity contribution in [1.82, 2.24) is 0 Å². The van der Waals surface area contributed by atoms with Crippen LogP contribution in [0.2, 0.25) is 0 Å². The number of hydrogen-bond acceptors (Lipinski definition) is 3. The molecule has 0 spiro atoms. The molecule has 140 valence electrons. The number of Topliss-reactive ketones (excluding diaryl/α,β-unsaturated/α-hetero) is 1. The van der Waals surface area contributed by atoms with Crippen LogP contribution in [0.25, 0.3) is 0 Å². The molecule has 7 atom stereocenters. The lowest BCUT2D eigenvalue weighted by atomic mass is 9.44. The van der Waals surface area contributed by atoms with Gasteiger partial charge in [0.25, 0.3) is 0 Å². The quantitative estimate of drug-likeness (QED) is 0.461. The third-order valence-corrected chi connectivity index (χ3v) is 8.58. The number of hydrogen-bond donors (Lipinski definition) is 0. The summed E-state index contributed by atoms with van der Waals surface area (Å²) >= 11 is 5.66. The third-order valence-electron chi connectivity index (χ3n) is 8.49. The van der Waals surface area contributed by atoms with Gasteiger partial charge in [-0.25, -0.2) is 4.79 Å². The molecule has 25 heavy (non-hydrogen) atoms. The molecular weight excluding hydrogens is 336 g/mol. The van der Waals surface area contributed by atoms with Crippen molar-refractivity contribution in [3.05, 3.63) is 12.7 Å². The van der Waals surface area contributed by atoms with Gasteiger partial charge in [0.15, 0.2) is 0 Å². The molecule has 0 aromatic rings. The molecule has 3 nitrogen and oxygen atoms in total. The number of ether oxygens (including phenoxy) is 1. The van der Waals surface area contributed by atoms with Gasteiger partial charge >= 0.3 is 5.43 Å². The smallest absolute Gasteiger partial charge is 0.404 e. The monoisotopic (exact) mass is 366 g/mol. The Balaban J connectivity index is 2.19. The summed E-state index contributed by atoms with van der Waals surface area (Å²) in [5, 5.41) is 0. The summed E-state index contributed by atoms with van der Waals surface area (Å²) in [6, 6.07) is 0. The average Bonchev–Trinajstić information content (AvgIpc) is 3.01. The fourth-order valence-electron chi connectivity index (χ4n) is 6.67. The van der Waals surface area contributed by atoms with E-state index in [1.807, 2.05) is 6.92 Å². The van der Waals surface area contributed by atoms with Gasteiger partial charge in [-0.2, -0.15) is 0 Å². The van der Waals surface area contributed by atoms with Gasteiger partial charge in [0, 0.05) is 34.8 Å². The lowest BCUT2D eigenvalue weighted by Crippen LogP contribution is -2.60. The molecule has 0 heterocycles. The standard InChI is InChI=1S/C21H31ClO3/c1-6-19(4)12-16(25-18(22)24)20(5)13(2)9-11-21(14(3)17(19)23)10-7-8-15(20)21/h6,13-16H,1,7-12H2,2-5H3/t13?,14-,15?,16+,19+,20+,21+/m0/s1. The maximum atomic E-state index is 13.5. The Morgan fingerprint density at radius 3 is 2.56 bits per heavy atom. The second-order valence-electron chi connectivity index (χ2n) is 9.24. The topological polar surface area (TPSA) is 43.4 Å². The first kappa shape index (κ1) is 18.9. The van der Waals surface area contributed by atoms with Crippen LogP contribution in [-0.4, -0.2) is 17.3 Å². The number of carbonyl (C=O) groups excluding carboxylic acids is 2. The zero-order valence-corrected chi connectivity index (χ0v) is 16.7. The summed E-state index contributed by atoms with van der Waals surface area (Å²) in [5.74, 6) is 1.10. The molecule has 3 rings (SSSR count). The Hall–Kier alpha value is -0.830. The summed E-state index contributed by atoms with van der Waals surface area (Å²) in [7, 11) is 0. The molecule has 0 radical (unpaired) electrons. The molecule has 0 aromatic carbocycles. The van der Waals surface area contributed by atoms with Crippen molar-refractivity contribution in [1.29, 1.82) is 0 Å². The lowest BCUT2D eigenvalue weighted by molar-refractivity contribution is -0.171. The fraction of sp³-hybridized carbons (Fsp3) is 0.810. The van der Waals surface area contributed by atoms with Crippen LogP contribution in [-0.2, 0) is 9.53 Å². The summed E-state index contributed by atoms with van der Waals surface area (Å²) < 4.78 is 5.70. The van der Waals surface area contributed by atoms with E-state index in [2.05, 4.69) is 27.4 Å². The first-order valence-corrected chi connectivity index (χ1v) is 10.0. The Morgan fingerprint density at radius 1 is 1.28 bits per heavy atom. The predicted octanol–water partition coefficient (Wildman–Crippen LogP) is 5.75. The van der Waals surface area contributed by atoms with Gasteiger partial charge in [-0.3, -0.25) is 4.79 Å². The maximum Gasteiger partial charge on any atom is 0.404 e. The highest BCUT2D eigenvalue weighted by Gasteiger charge is 2.65. The van der Waals surface area contributed by atoms with Gasteiger partial charge in [-0.15, -0.1) is 6.58 Å². The molecule has 0 saturated heterocycles. The molecule has 2 bridgehead atoms. The highest BCUT2D eigenvalue weighted by Crippen LogP contribution is 2.68. The van der Waals surface area contributed by atoms with E-state index in [4.69, 9.17) is 16.3 Å². The Bertz CT molecular complexity index is 602. The van der Waals surface area contributed by atoms with E-state index in [-0.39, 0.29) is 28.6 Å². The Kier molecular flexibility index (Phi) is 4.63. The molecule has 0 aliphatic heterocycles. The minimum Gasteiger partial charge on any atom is -0.450 e. The predicted molar refractivity (Wildman–Crippen MR) is 99.5 cm³/mol. The molecule has 4 heteroatoms. The number of carbonyl (C=O) groups is 2. The van der Waals surface area contributed by atoms with Crippen LogP contribution in [0.3, 0.4) is 0 Å². The first-order chi connectivity index (χ1) is 11.6. The SMILES string of the molecule is C=C[C@]1(C)C[C@@H](OC(=O)Cl)[C@]2(C)C(C)CC[C@]3(CCCC32)[C@@H](C)C1=O. The highest BCUT2D eigenvalue weighted by atomic mass is 35.5. The lowest BCUT2D eigenvalue weighted by Gasteiger charge is -2.61. The van der Waals surface area contributed by atoms with Crippen molar-refractivity contribution in [3.63, 3.8) is 0 Å². The zero-order chi connectivity index (χ0) is 18.6. The molecule has 0 amide bonds. The summed E-state index contributed by atoms with van der Waals surface area (Å²) in [4.78, 5) is 25.1. The number of ketones is 1. The van der Waals surface area contributed by atoms with Gasteiger partial charge in [-0.1, -0.05) is 33.3 Å². The van der Waals surface area contributed by atoms with Gasteiger partial charge < -0.3 is 4.74 Å². The van der Waals surface area contributed by atoms with Crippen LogP contribution in [0.15, 0.2) is 12.7 Å². The van der Waals surface area contributed by atoms with Crippen molar-refractivity contribution in [2.75, 3.05) is 0 Å². The third kappa shape index (κ3) is 2.52. The molecule has 0 aromatic heterocycles. The summed E-state index contributed by atoms with van der Waals surface area (Å²) in [6.45, 7) is 12.6. The molecule has 3 fully saturated rings. The van der Waals surface area contributed by atoms with E-state index in [9.17, 15) is 9.59 Å². The average molecular weight is 367 g/mol. The van der Waals surface area contributed by atoms with E-state index in [1.54, 1.807) is 6.08 Å². The number of rotatable bonds is 2. The van der Waals surface area contributed by atoms with E-state index >= 15 is 0 Å². The summed E-state index contributed by atoms with van der Waals surface area (Å²) in [5.41, 5.74) is -1.58. The van der Waals surface area contributed by atoms with Crippen molar-refractivity contribution in [2.45, 2.75) is 72.3 Å². The molecule has 0 N–H and O–H groups in total. The second kappa shape index (κ2) is 6.11. The minimum atomic E-state index is -0.764. The van der Waals surface area contributed by atoms with Gasteiger partial charge in [-0.05, 0) is 49.9 Å². The molecule has 3 aliphatic carbocycles. The van der Waals surface area contributed by atoms with Crippen LogP contribution < -0.4 is 0 Å². The van der Waals surface area contributed by atoms with Crippen LogP contribution in [0.1, 0.15) is 66.2 Å². The van der Waals surface area contributed by atoms with Crippen molar-refractivity contribution in [3.8, 4) is 0 Å². The summed E-state index contributed by atoms with van der Waals surface area (Å²) in [6.07, 6.45) is 7.41. The molecule has 2 unspecified atom stereocenters. The zero-order valence-electron chi connectivity index (χ0n) is 15.9. The van der Waals surface area contributed by atoms with E-state index < -0.39 is 10.8 Å². The second-order valence-corrected chi connectivity index (χ2v) is 9.55. The van der Waals surface area contributed by atoms with Crippen molar-refractivity contribution < 1.29 is 14.3 Å². The first-order valence-electron chi connectivity index (χ1n) is 9.66. The molecular formula is C21H31ClO3. The van der Waals surface area contributed by atoms with Crippen LogP contribution in [0, 0.1) is 34.0 Å². The largest absolute Gasteiger partial charge is 0.450 e. The minimum absolute atomic E-state index is 0.0162. The van der Waals surface area contributed by atoms with E-state index in [1.165, 1.54) is 0 Å². The highest BCUT2D eigenvalue weighted by molar-refractivity contribution is 6.61. The Morgan fingerprint density at radius 2 is 1.96 bits per heavy atom. The normalized spacial score (nSPS) is 49.7.